The van der Waals surface area contributed by atoms with Crippen LogP contribution in [0.5, 0.6) is 0 Å². The van der Waals surface area contributed by atoms with Gasteiger partial charge in [-0.1, -0.05) is 0 Å². The minimum absolute atomic E-state index is 0.313. The third-order valence-corrected chi connectivity index (χ3v) is 5.18. The molecule has 0 aliphatic carbocycles. The van der Waals surface area contributed by atoms with Crippen molar-refractivity contribution in [3.05, 3.63) is 59.6 Å². The maximum atomic E-state index is 13.5. The molecule has 2 amide bonds. The van der Waals surface area contributed by atoms with E-state index in [0.29, 0.717) is 22.4 Å². The zero-order valence-corrected chi connectivity index (χ0v) is 16.5. The largest absolute Gasteiger partial charge is 0.459 e. The summed E-state index contributed by atoms with van der Waals surface area (Å²) in [5.41, 5.74) is 3.24. The Hall–Kier alpha value is -3.06. The highest BCUT2D eigenvalue weighted by Crippen LogP contribution is 2.30. The van der Waals surface area contributed by atoms with Crippen molar-refractivity contribution < 1.29 is 18.3 Å². The van der Waals surface area contributed by atoms with Gasteiger partial charge in [-0.3, -0.25) is 0 Å². The highest BCUT2D eigenvalue weighted by Gasteiger charge is 2.19. The lowest BCUT2D eigenvalue weighted by molar-refractivity contribution is 0.122. The molecule has 1 aliphatic heterocycles. The maximum Gasteiger partial charge on any atom is 0.319 e. The van der Waals surface area contributed by atoms with Crippen molar-refractivity contribution in [3.8, 4) is 0 Å². The first-order chi connectivity index (χ1) is 14.0. The summed E-state index contributed by atoms with van der Waals surface area (Å²) in [6.07, 6.45) is 0. The van der Waals surface area contributed by atoms with E-state index >= 15 is 0 Å². The zero-order chi connectivity index (χ0) is 20.4. The lowest BCUT2D eigenvalue weighted by Crippen LogP contribution is -2.36. The molecule has 1 aliphatic rings. The molecule has 0 bridgehead atoms. The highest BCUT2D eigenvalue weighted by molar-refractivity contribution is 5.90. The number of nitrogens with one attached hydrogen (secondary N) is 2. The first kappa shape index (κ1) is 19.3. The fraction of sp³-hybridized carbons (Fsp3) is 0.318. The summed E-state index contributed by atoms with van der Waals surface area (Å²) < 4.78 is 24.7. The average Bonchev–Trinajstić information content (AvgIpc) is 3.05. The molecule has 3 aromatic rings. The van der Waals surface area contributed by atoms with Crippen molar-refractivity contribution in [1.82, 2.24) is 5.32 Å². The first-order valence-corrected chi connectivity index (χ1v) is 9.70. The van der Waals surface area contributed by atoms with Gasteiger partial charge in [-0.15, -0.1) is 0 Å². The third kappa shape index (κ3) is 4.19. The van der Waals surface area contributed by atoms with Crippen LogP contribution in [-0.2, 0) is 4.74 Å². The average molecular weight is 397 g/mol. The van der Waals surface area contributed by atoms with Crippen molar-refractivity contribution in [2.45, 2.75) is 19.9 Å². The number of ether oxygens (including phenoxy) is 1. The van der Waals surface area contributed by atoms with E-state index in [9.17, 15) is 9.18 Å². The summed E-state index contributed by atoms with van der Waals surface area (Å²) in [4.78, 5) is 14.7. The summed E-state index contributed by atoms with van der Waals surface area (Å²) in [6.45, 7) is 6.89. The lowest BCUT2D eigenvalue weighted by atomic mass is 10.1. The Morgan fingerprint density at radius 1 is 1.14 bits per heavy atom. The maximum absolute atomic E-state index is 13.5. The second-order valence-electron chi connectivity index (χ2n) is 7.20. The number of amides is 2. The van der Waals surface area contributed by atoms with E-state index < -0.39 is 0 Å². The molecule has 1 aromatic heterocycles. The summed E-state index contributed by atoms with van der Waals surface area (Å²) in [6, 6.07) is 11.4. The van der Waals surface area contributed by atoms with Gasteiger partial charge in [-0.05, 0) is 56.3 Å². The normalized spacial score (nSPS) is 15.3. The number of rotatable bonds is 4. The molecule has 0 radical (unpaired) electrons. The molecule has 1 fully saturated rings. The Morgan fingerprint density at radius 2 is 1.86 bits per heavy atom. The van der Waals surface area contributed by atoms with Crippen molar-refractivity contribution in [2.75, 3.05) is 36.5 Å². The molecule has 152 valence electrons. The van der Waals surface area contributed by atoms with Crippen molar-refractivity contribution in [3.63, 3.8) is 0 Å². The molecule has 0 saturated carbocycles. The molecule has 2 N–H and O–H groups in total. The number of halogens is 1. The number of furan rings is 1. The third-order valence-electron chi connectivity index (χ3n) is 5.18. The number of hydrogen-bond acceptors (Lipinski definition) is 4. The van der Waals surface area contributed by atoms with Crippen LogP contribution in [-0.4, -0.2) is 32.3 Å². The van der Waals surface area contributed by atoms with E-state index in [-0.39, 0.29) is 17.9 Å². The van der Waals surface area contributed by atoms with Crippen LogP contribution in [0, 0.1) is 12.7 Å². The lowest BCUT2D eigenvalue weighted by Gasteiger charge is -2.28. The monoisotopic (exact) mass is 397 g/mol. The van der Waals surface area contributed by atoms with Crippen LogP contribution in [0.3, 0.4) is 0 Å². The Kier molecular flexibility index (Phi) is 5.40. The summed E-state index contributed by atoms with van der Waals surface area (Å²) in [5.74, 6) is 0.301. The van der Waals surface area contributed by atoms with Crippen molar-refractivity contribution in [2.24, 2.45) is 0 Å². The molecule has 6 nitrogen and oxygen atoms in total. The van der Waals surface area contributed by atoms with Crippen LogP contribution in [0.2, 0.25) is 0 Å². The minimum atomic E-state index is -0.363. The van der Waals surface area contributed by atoms with E-state index in [2.05, 4.69) is 15.5 Å². The summed E-state index contributed by atoms with van der Waals surface area (Å²) >= 11 is 0. The molecule has 0 unspecified atom stereocenters. The van der Waals surface area contributed by atoms with Gasteiger partial charge in [0.15, 0.2) is 0 Å². The van der Waals surface area contributed by atoms with E-state index in [1.165, 1.54) is 12.1 Å². The number of urea groups is 1. The number of hydrogen-bond donors (Lipinski definition) is 2. The van der Waals surface area contributed by atoms with E-state index in [0.717, 1.165) is 37.6 Å². The number of carbonyl (C=O) groups excluding carboxylic acids is 1. The minimum Gasteiger partial charge on any atom is -0.459 e. The molecular weight excluding hydrogens is 373 g/mol. The molecule has 1 atom stereocenters. The molecule has 1 saturated heterocycles. The second-order valence-corrected chi connectivity index (χ2v) is 7.20. The van der Waals surface area contributed by atoms with Crippen LogP contribution in [0.4, 0.5) is 20.6 Å². The molecule has 4 rings (SSSR count). The fourth-order valence-electron chi connectivity index (χ4n) is 3.63. The van der Waals surface area contributed by atoms with Crippen LogP contribution in [0.15, 0.2) is 46.9 Å². The molecule has 7 heteroatoms. The van der Waals surface area contributed by atoms with Gasteiger partial charge in [0, 0.05) is 35.4 Å². The number of anilines is 2. The zero-order valence-electron chi connectivity index (χ0n) is 16.5. The van der Waals surface area contributed by atoms with Gasteiger partial charge in [0.05, 0.1) is 19.3 Å². The predicted molar refractivity (Wildman–Crippen MR) is 111 cm³/mol. The molecule has 2 heterocycles. The SMILES string of the molecule is Cc1c([C@@H](C)NC(=O)Nc2ccc(N3CCOCC3)cc2)oc2ccc(F)cc12. The standard InChI is InChI=1S/C22H24FN3O3/c1-14-19-13-16(23)3-8-20(19)29-21(14)15(2)24-22(27)25-17-4-6-18(7-5-17)26-9-11-28-12-10-26/h3-8,13,15H,9-12H2,1-2H3,(H2,24,25,27)/t15-/m1/s1. The fourth-order valence-corrected chi connectivity index (χ4v) is 3.63. The smallest absolute Gasteiger partial charge is 0.319 e. The first-order valence-electron chi connectivity index (χ1n) is 9.70. The number of aryl methyl sites for hydroxylation is 1. The number of fused-ring (bicyclic) bond motifs is 1. The quantitative estimate of drug-likeness (QED) is 0.675. The molecule has 0 spiro atoms. The van der Waals surface area contributed by atoms with E-state index in [1.54, 1.807) is 6.07 Å². The van der Waals surface area contributed by atoms with Gasteiger partial charge in [-0.2, -0.15) is 0 Å². The highest BCUT2D eigenvalue weighted by atomic mass is 19.1. The van der Waals surface area contributed by atoms with Crippen molar-refractivity contribution in [1.29, 1.82) is 0 Å². The number of nitrogens with zero attached hydrogens (tertiary/aromatic N) is 1. The van der Waals surface area contributed by atoms with Gasteiger partial charge in [0.1, 0.15) is 17.2 Å². The topological polar surface area (TPSA) is 66.7 Å². The van der Waals surface area contributed by atoms with Crippen LogP contribution in [0.25, 0.3) is 11.0 Å². The van der Waals surface area contributed by atoms with E-state index in [1.807, 2.05) is 38.1 Å². The number of carbonyl (C=O) groups is 1. The molecule has 29 heavy (non-hydrogen) atoms. The van der Waals surface area contributed by atoms with Crippen LogP contribution >= 0.6 is 0 Å². The Labute approximate surface area is 168 Å². The van der Waals surface area contributed by atoms with Crippen molar-refractivity contribution >= 4 is 28.4 Å². The molecular formula is C22H24FN3O3. The van der Waals surface area contributed by atoms with Gasteiger partial charge in [-0.25, -0.2) is 9.18 Å². The summed E-state index contributed by atoms with van der Waals surface area (Å²) in [7, 11) is 0. The van der Waals surface area contributed by atoms with Gasteiger partial charge >= 0.3 is 6.03 Å². The van der Waals surface area contributed by atoms with Crippen LogP contribution in [0.1, 0.15) is 24.3 Å². The Bertz CT molecular complexity index is 1010. The summed E-state index contributed by atoms with van der Waals surface area (Å²) in [5, 5.41) is 6.43. The number of benzene rings is 2. The van der Waals surface area contributed by atoms with E-state index in [4.69, 9.17) is 9.15 Å². The van der Waals surface area contributed by atoms with Gasteiger partial charge < -0.3 is 24.7 Å². The predicted octanol–water partition coefficient (Wildman–Crippen LogP) is 4.60. The number of morpholine rings is 1. The Morgan fingerprint density at radius 3 is 2.59 bits per heavy atom. The van der Waals surface area contributed by atoms with Gasteiger partial charge in [0.2, 0.25) is 0 Å². The second kappa shape index (κ2) is 8.13. The Balaban J connectivity index is 1.39. The molecule has 2 aromatic carbocycles. The van der Waals surface area contributed by atoms with Crippen LogP contribution < -0.4 is 15.5 Å². The van der Waals surface area contributed by atoms with Gasteiger partial charge in [0.25, 0.3) is 0 Å².